The number of carbonyl (C=O) groups excluding carboxylic acids is 1. The zero-order chi connectivity index (χ0) is 17.3. The third-order valence-corrected chi connectivity index (χ3v) is 4.08. The van der Waals surface area contributed by atoms with E-state index in [1.165, 1.54) is 6.07 Å². The molecule has 1 aliphatic rings. The lowest BCUT2D eigenvalue weighted by atomic mass is 9.97. The van der Waals surface area contributed by atoms with Gasteiger partial charge < -0.3 is 18.9 Å². The molecule has 2 aromatic heterocycles. The number of hydrogen-bond acceptors (Lipinski definition) is 6. The van der Waals surface area contributed by atoms with Crippen LogP contribution in [0.4, 0.5) is 0 Å². The van der Waals surface area contributed by atoms with Crippen LogP contribution in [0.25, 0.3) is 0 Å². The van der Waals surface area contributed by atoms with Gasteiger partial charge in [-0.15, -0.1) is 0 Å². The molecule has 0 aliphatic carbocycles. The quantitative estimate of drug-likeness (QED) is 0.915. The SMILES string of the molecule is CC(C)c1nc(C2CCCN(C(=O)c3cc(C(=O)O)co3)C2)no1. The molecule has 1 saturated heterocycles. The lowest BCUT2D eigenvalue weighted by Gasteiger charge is -2.30. The number of furan rings is 1. The largest absolute Gasteiger partial charge is 0.478 e. The molecule has 0 spiro atoms. The average Bonchev–Trinajstić information content (AvgIpc) is 3.24. The molecule has 3 heterocycles. The molecule has 24 heavy (non-hydrogen) atoms. The maximum Gasteiger partial charge on any atom is 0.338 e. The first-order valence-electron chi connectivity index (χ1n) is 7.90. The number of rotatable bonds is 4. The number of carboxylic acid groups (broad SMARTS) is 1. The molecular formula is C16H19N3O5. The van der Waals surface area contributed by atoms with Crippen LogP contribution in [-0.2, 0) is 0 Å². The summed E-state index contributed by atoms with van der Waals surface area (Å²) in [7, 11) is 0. The predicted molar refractivity (Wildman–Crippen MR) is 81.9 cm³/mol. The fourth-order valence-corrected chi connectivity index (χ4v) is 2.74. The van der Waals surface area contributed by atoms with Crippen molar-refractivity contribution in [2.24, 2.45) is 0 Å². The Morgan fingerprint density at radius 3 is 2.83 bits per heavy atom. The smallest absolute Gasteiger partial charge is 0.338 e. The van der Waals surface area contributed by atoms with Gasteiger partial charge in [0.2, 0.25) is 5.89 Å². The number of amides is 1. The highest BCUT2D eigenvalue weighted by Crippen LogP contribution is 2.27. The van der Waals surface area contributed by atoms with Crippen LogP contribution in [0, 0.1) is 0 Å². The second-order valence-electron chi connectivity index (χ2n) is 6.24. The number of piperidine rings is 1. The molecule has 0 saturated carbocycles. The standard InChI is InChI=1S/C16H19N3O5/c1-9(2)14-17-13(18-24-14)10-4-3-5-19(7-10)15(20)12-6-11(8-23-12)16(21)22/h6,8-10H,3-5,7H2,1-2H3,(H,21,22). The maximum atomic E-state index is 12.5. The van der Waals surface area contributed by atoms with Crippen LogP contribution in [0.1, 0.15) is 71.2 Å². The Balaban J connectivity index is 1.72. The van der Waals surface area contributed by atoms with Crippen molar-refractivity contribution in [3.63, 3.8) is 0 Å². The van der Waals surface area contributed by atoms with E-state index in [-0.39, 0.29) is 29.1 Å². The number of carboxylic acids is 1. The summed E-state index contributed by atoms with van der Waals surface area (Å²) in [5.41, 5.74) is -0.0355. The van der Waals surface area contributed by atoms with E-state index >= 15 is 0 Å². The van der Waals surface area contributed by atoms with Crippen molar-refractivity contribution >= 4 is 11.9 Å². The number of aromatic nitrogens is 2. The number of hydrogen-bond donors (Lipinski definition) is 1. The predicted octanol–water partition coefficient (Wildman–Crippen LogP) is 2.50. The summed E-state index contributed by atoms with van der Waals surface area (Å²) in [4.78, 5) is 29.4. The van der Waals surface area contributed by atoms with Crippen LogP contribution in [0.5, 0.6) is 0 Å². The van der Waals surface area contributed by atoms with E-state index in [1.807, 2.05) is 13.8 Å². The Morgan fingerprint density at radius 2 is 2.21 bits per heavy atom. The van der Waals surface area contributed by atoms with Gasteiger partial charge in [-0.25, -0.2) is 4.79 Å². The van der Waals surface area contributed by atoms with Gasteiger partial charge in [0.05, 0.1) is 5.56 Å². The molecular weight excluding hydrogens is 314 g/mol. The van der Waals surface area contributed by atoms with Gasteiger partial charge in [-0.3, -0.25) is 4.79 Å². The molecule has 2 aromatic rings. The molecule has 0 radical (unpaired) electrons. The van der Waals surface area contributed by atoms with Crippen molar-refractivity contribution in [3.8, 4) is 0 Å². The van der Waals surface area contributed by atoms with E-state index in [0.717, 1.165) is 19.1 Å². The van der Waals surface area contributed by atoms with E-state index in [4.69, 9.17) is 14.0 Å². The molecule has 0 aromatic carbocycles. The van der Waals surface area contributed by atoms with Crippen molar-refractivity contribution in [2.45, 2.75) is 38.5 Å². The molecule has 1 N–H and O–H groups in total. The monoisotopic (exact) mass is 333 g/mol. The van der Waals surface area contributed by atoms with Crippen LogP contribution in [0.15, 0.2) is 21.3 Å². The summed E-state index contributed by atoms with van der Waals surface area (Å²) in [6.45, 7) is 5.00. The van der Waals surface area contributed by atoms with Crippen LogP contribution in [-0.4, -0.2) is 45.1 Å². The first-order valence-corrected chi connectivity index (χ1v) is 7.90. The molecule has 1 unspecified atom stereocenters. The lowest BCUT2D eigenvalue weighted by molar-refractivity contribution is 0.0669. The molecule has 8 nitrogen and oxygen atoms in total. The van der Waals surface area contributed by atoms with Gasteiger partial charge in [0.1, 0.15) is 6.26 Å². The number of likely N-dealkylation sites (tertiary alicyclic amines) is 1. The summed E-state index contributed by atoms with van der Waals surface area (Å²) in [6, 6.07) is 1.25. The highest BCUT2D eigenvalue weighted by molar-refractivity contribution is 5.95. The van der Waals surface area contributed by atoms with Gasteiger partial charge >= 0.3 is 5.97 Å². The Hall–Kier alpha value is -2.64. The molecule has 128 valence electrons. The van der Waals surface area contributed by atoms with Crippen molar-refractivity contribution in [1.82, 2.24) is 15.0 Å². The van der Waals surface area contributed by atoms with Gasteiger partial charge in [-0.2, -0.15) is 4.98 Å². The number of aromatic carboxylic acids is 1. The summed E-state index contributed by atoms with van der Waals surface area (Å²) in [6.07, 6.45) is 2.76. The van der Waals surface area contributed by atoms with Crippen molar-refractivity contribution in [2.75, 3.05) is 13.1 Å². The molecule has 8 heteroatoms. The minimum Gasteiger partial charge on any atom is -0.478 e. The Labute approximate surface area is 138 Å². The van der Waals surface area contributed by atoms with Gasteiger partial charge in [0.25, 0.3) is 5.91 Å². The Morgan fingerprint density at radius 1 is 1.42 bits per heavy atom. The van der Waals surface area contributed by atoms with Gasteiger partial charge in [-0.1, -0.05) is 19.0 Å². The number of nitrogens with zero attached hydrogens (tertiary/aromatic N) is 3. The topological polar surface area (TPSA) is 110 Å². The molecule has 3 rings (SSSR count). The number of carbonyl (C=O) groups is 2. The average molecular weight is 333 g/mol. The summed E-state index contributed by atoms with van der Waals surface area (Å²) in [5, 5.41) is 12.9. The normalized spacial score (nSPS) is 18.1. The van der Waals surface area contributed by atoms with E-state index < -0.39 is 5.97 Å². The highest BCUT2D eigenvalue weighted by Gasteiger charge is 2.30. The zero-order valence-corrected chi connectivity index (χ0v) is 13.6. The lowest BCUT2D eigenvalue weighted by Crippen LogP contribution is -2.39. The molecule has 1 fully saturated rings. The summed E-state index contributed by atoms with van der Waals surface area (Å²) < 4.78 is 10.3. The summed E-state index contributed by atoms with van der Waals surface area (Å²) >= 11 is 0. The molecule has 1 atom stereocenters. The highest BCUT2D eigenvalue weighted by atomic mass is 16.5. The van der Waals surface area contributed by atoms with Crippen LogP contribution < -0.4 is 0 Å². The maximum absolute atomic E-state index is 12.5. The third kappa shape index (κ3) is 3.17. The van der Waals surface area contributed by atoms with E-state index in [9.17, 15) is 9.59 Å². The first-order chi connectivity index (χ1) is 11.5. The summed E-state index contributed by atoms with van der Waals surface area (Å²) in [5.74, 6) is -0.0448. The minimum atomic E-state index is -1.12. The minimum absolute atomic E-state index is 0.00727. The van der Waals surface area contributed by atoms with Gasteiger partial charge in [-0.05, 0) is 12.8 Å². The van der Waals surface area contributed by atoms with Crippen LogP contribution in [0.3, 0.4) is 0 Å². The fourth-order valence-electron chi connectivity index (χ4n) is 2.74. The van der Waals surface area contributed by atoms with E-state index in [2.05, 4.69) is 10.1 Å². The first kappa shape index (κ1) is 16.2. The van der Waals surface area contributed by atoms with Gasteiger partial charge in [0.15, 0.2) is 11.6 Å². The Bertz CT molecular complexity index is 748. The van der Waals surface area contributed by atoms with E-state index in [0.29, 0.717) is 24.8 Å². The van der Waals surface area contributed by atoms with Crippen LogP contribution in [0.2, 0.25) is 0 Å². The van der Waals surface area contributed by atoms with Crippen LogP contribution >= 0.6 is 0 Å². The Kier molecular flexibility index (Phi) is 4.37. The van der Waals surface area contributed by atoms with Gasteiger partial charge in [0, 0.05) is 31.0 Å². The second-order valence-corrected chi connectivity index (χ2v) is 6.24. The van der Waals surface area contributed by atoms with Crippen molar-refractivity contribution in [1.29, 1.82) is 0 Å². The fraction of sp³-hybridized carbons (Fsp3) is 0.500. The molecule has 0 bridgehead atoms. The second kappa shape index (κ2) is 6.46. The molecule has 1 aliphatic heterocycles. The third-order valence-electron chi connectivity index (χ3n) is 4.08. The van der Waals surface area contributed by atoms with E-state index in [1.54, 1.807) is 4.90 Å². The molecule has 1 amide bonds. The van der Waals surface area contributed by atoms with Crippen molar-refractivity contribution in [3.05, 3.63) is 35.4 Å². The van der Waals surface area contributed by atoms with Crippen molar-refractivity contribution < 1.29 is 23.6 Å². The zero-order valence-electron chi connectivity index (χ0n) is 13.6.